The molecule has 2 aliphatic heterocycles. The molecule has 136 heavy (non-hydrogen) atoms. The maximum Gasteiger partial charge on any atom is 0.221 e. The average Bonchev–Trinajstić information content (AvgIpc) is 1.57. The van der Waals surface area contributed by atoms with Crippen LogP contribution in [0.1, 0.15) is 114 Å². The summed E-state index contributed by atoms with van der Waals surface area (Å²) in [6.45, 7) is 18.9. The summed E-state index contributed by atoms with van der Waals surface area (Å²) in [5.74, 6) is -4.99. The molecule has 0 radical (unpaired) electrons. The highest BCUT2D eigenvalue weighted by Crippen LogP contribution is 2.53. The molecule has 0 atom stereocenters. The van der Waals surface area contributed by atoms with Crippen LogP contribution in [0.2, 0.25) is 0 Å². The van der Waals surface area contributed by atoms with Gasteiger partial charge in [0.15, 0.2) is 0 Å². The number of rotatable bonds is 20. The van der Waals surface area contributed by atoms with Crippen molar-refractivity contribution in [3.05, 3.63) is 335 Å². The standard InChI is InChI=1S/C112H90F4N12O8/c1-57-97-53-102-106(110-91(71-17-33-83(34-18-71)119-63(7)131)47-78(114)48-92(110)72-19-35-84(36-20-72)120-64(8)132)59(3)99(126-102)55-104-108(112-95(75-25-41-87(42-26-75)123-67(11)135)51-80(116)52-96(112)76-27-43-88(44-28-76)124-68(12)136)60(4)100(128-104)56-103-107(111-93(73-21-37-85(38-22-73)121-65(9)133)49-79(115)50-94(111)74-23-39-86(40-24-74)122-66(10)134)58(2)98(127-103)54-101(125-97)105(57)109-89(69-13-29-81(30-14-69)117-61(5)129)45-77(113)46-90(109)70-15-31-82(32-16-70)118-62(6)130/h13-56,125,128H,1-12H3,(H,117,129)(H,118,130)(H,119,131)(H,120,132)(H,121,133)(H,122,134)(H,123,135)(H,124,136). The quantitative estimate of drug-likeness (QED) is 0.0322. The molecular weight excluding hydrogens is 1720 g/mol. The number of anilines is 8. The van der Waals surface area contributed by atoms with Crippen molar-refractivity contribution in [2.75, 3.05) is 42.5 Å². The molecule has 0 unspecified atom stereocenters. The summed E-state index contributed by atoms with van der Waals surface area (Å²) >= 11 is 0. The number of nitrogens with zero attached hydrogens (tertiary/aromatic N) is 2. The highest BCUT2D eigenvalue weighted by atomic mass is 19.1. The first-order chi connectivity index (χ1) is 65.2. The minimum Gasteiger partial charge on any atom is -0.355 e. The van der Waals surface area contributed by atoms with Gasteiger partial charge in [0.1, 0.15) is 23.3 Å². The van der Waals surface area contributed by atoms with Crippen LogP contribution in [0, 0.1) is 37.1 Å². The highest BCUT2D eigenvalue weighted by molar-refractivity contribution is 6.13. The number of halogens is 4. The van der Waals surface area contributed by atoms with E-state index < -0.39 is 23.3 Å². The number of amides is 8. The van der Waals surface area contributed by atoms with Gasteiger partial charge in [-0.3, -0.25) is 38.4 Å². The number of fused-ring (bicyclic) bond motifs is 8. The van der Waals surface area contributed by atoms with E-state index in [0.29, 0.717) is 246 Å². The van der Waals surface area contributed by atoms with Gasteiger partial charge in [0.05, 0.1) is 22.8 Å². The molecule has 17 rings (SSSR count). The average molecular weight is 1810 g/mol. The predicted octanol–water partition coefficient (Wildman–Crippen LogP) is 25.8. The van der Waals surface area contributed by atoms with Gasteiger partial charge in [-0.1, -0.05) is 97.1 Å². The van der Waals surface area contributed by atoms with Crippen molar-refractivity contribution in [3.8, 4) is 111 Å². The van der Waals surface area contributed by atoms with E-state index in [9.17, 15) is 38.4 Å². The summed E-state index contributed by atoms with van der Waals surface area (Å²) in [6, 6.07) is 75.5. The van der Waals surface area contributed by atoms with E-state index in [2.05, 4.69) is 52.5 Å². The number of carbonyl (C=O) groups excluding carboxylic acids is 8. The SMILES string of the molecule is CC(=O)Nc1ccc(-c2cc(F)cc(-c3ccc(NC(C)=O)cc3)c2C2=C(C)c3cc4[nH]c(cc5nc(cc6[nH]c(cc2n3)c(C)c6-c2c(-c3ccc(NC(C)=O)cc3)cc(F)cc2-c2ccc(NC(C)=O)cc2)C(C)=C5c2c(-c3ccc(NC(C)=O)cc3)cc(F)cc2-c2ccc(NC(C)=O)cc2)c(C)c4-c2c(-c3ccc(NC(C)=O)cc3)cc(F)cc2-c2ccc(NC(C)=O)cc2)cc1. The van der Waals surface area contributed by atoms with Gasteiger partial charge in [0.25, 0.3) is 0 Å². The molecule has 3 aromatic heterocycles. The van der Waals surface area contributed by atoms with Gasteiger partial charge in [-0.2, -0.15) is 0 Å². The van der Waals surface area contributed by atoms with Crippen molar-refractivity contribution >= 4 is 137 Å². The maximum absolute atomic E-state index is 17.6. The largest absolute Gasteiger partial charge is 0.355 e. The summed E-state index contributed by atoms with van der Waals surface area (Å²) in [5.41, 5.74) is 20.7. The van der Waals surface area contributed by atoms with Crippen molar-refractivity contribution in [2.24, 2.45) is 0 Å². The lowest BCUT2D eigenvalue weighted by Gasteiger charge is -2.19. The fourth-order valence-corrected chi connectivity index (χ4v) is 18.1. The molecule has 12 aromatic carbocycles. The number of carbonyl (C=O) groups is 8. The van der Waals surface area contributed by atoms with E-state index in [0.717, 1.165) is 0 Å². The van der Waals surface area contributed by atoms with E-state index in [-0.39, 0.29) is 47.3 Å². The normalized spacial score (nSPS) is 11.7. The van der Waals surface area contributed by atoms with Crippen LogP contribution in [0.5, 0.6) is 0 Å². The van der Waals surface area contributed by atoms with Crippen molar-refractivity contribution in [2.45, 2.75) is 83.1 Å². The van der Waals surface area contributed by atoms with Crippen LogP contribution in [-0.4, -0.2) is 67.2 Å². The molecule has 10 N–H and O–H groups in total. The second-order valence-electron chi connectivity index (χ2n) is 33.8. The van der Waals surface area contributed by atoms with Gasteiger partial charge in [-0.05, 0) is 320 Å². The fourth-order valence-electron chi connectivity index (χ4n) is 18.1. The number of benzene rings is 12. The molecule has 0 saturated carbocycles. The van der Waals surface area contributed by atoms with Crippen molar-refractivity contribution < 1.29 is 55.9 Å². The molecular formula is C112H90F4N12O8. The van der Waals surface area contributed by atoms with E-state index in [1.165, 1.54) is 104 Å². The van der Waals surface area contributed by atoms with Crippen LogP contribution in [0.25, 0.3) is 156 Å². The van der Waals surface area contributed by atoms with E-state index in [4.69, 9.17) is 9.97 Å². The van der Waals surface area contributed by atoms with Gasteiger partial charge >= 0.3 is 0 Å². The first-order valence-electron chi connectivity index (χ1n) is 43.8. The topological polar surface area (TPSA) is 290 Å². The monoisotopic (exact) mass is 1810 g/mol. The number of H-pyrrole nitrogens is 2. The zero-order valence-electron chi connectivity index (χ0n) is 76.1. The van der Waals surface area contributed by atoms with Gasteiger partial charge in [0.2, 0.25) is 47.3 Å². The summed E-state index contributed by atoms with van der Waals surface area (Å²) in [4.78, 5) is 121. The lowest BCUT2D eigenvalue weighted by molar-refractivity contribution is -0.115. The zero-order valence-corrected chi connectivity index (χ0v) is 76.1. The molecule has 5 heterocycles. The molecule has 0 fully saturated rings. The summed E-state index contributed by atoms with van der Waals surface area (Å²) in [7, 11) is 0. The number of allylic oxidation sites excluding steroid dienone is 2. The summed E-state index contributed by atoms with van der Waals surface area (Å²) in [6.07, 6.45) is 0. The number of hydrogen-bond donors (Lipinski definition) is 10. The van der Waals surface area contributed by atoms with Crippen molar-refractivity contribution in [1.82, 2.24) is 19.9 Å². The Hall–Kier alpha value is -17.3. The van der Waals surface area contributed by atoms with Crippen LogP contribution in [0.15, 0.2) is 267 Å². The molecule has 2 aliphatic rings. The molecule has 8 amide bonds. The zero-order chi connectivity index (χ0) is 95.9. The van der Waals surface area contributed by atoms with Gasteiger partial charge in [-0.15, -0.1) is 0 Å². The Bertz CT molecular complexity index is 6980. The van der Waals surface area contributed by atoms with Crippen LogP contribution >= 0.6 is 0 Å². The molecule has 24 heteroatoms. The third kappa shape index (κ3) is 19.0. The number of nitrogens with one attached hydrogen (secondary N) is 10. The molecule has 15 aromatic rings. The first-order valence-corrected chi connectivity index (χ1v) is 43.8. The van der Waals surface area contributed by atoms with Crippen molar-refractivity contribution in [1.29, 1.82) is 0 Å². The fraction of sp³-hybridized carbons (Fsp3) is 0.107. The Kier molecular flexibility index (Phi) is 25.0. The van der Waals surface area contributed by atoms with E-state index in [1.54, 1.807) is 194 Å². The van der Waals surface area contributed by atoms with Crippen LogP contribution < -0.4 is 42.5 Å². The number of aromatic amines is 2. The van der Waals surface area contributed by atoms with Crippen LogP contribution in [0.4, 0.5) is 63.1 Å². The third-order valence-electron chi connectivity index (χ3n) is 23.8. The van der Waals surface area contributed by atoms with Gasteiger partial charge < -0.3 is 52.5 Å². The van der Waals surface area contributed by atoms with Gasteiger partial charge in [0, 0.05) is 156 Å². The molecule has 0 aliphatic carbocycles. The number of aromatic nitrogens is 4. The minimum atomic E-state index is -0.615. The minimum absolute atomic E-state index is 0.317. The van der Waals surface area contributed by atoms with Crippen LogP contribution in [-0.2, 0) is 38.4 Å². The Balaban J connectivity index is 1.08. The highest BCUT2D eigenvalue weighted by Gasteiger charge is 2.33. The van der Waals surface area contributed by atoms with E-state index in [1.807, 2.05) is 52.0 Å². The van der Waals surface area contributed by atoms with Crippen molar-refractivity contribution in [3.63, 3.8) is 0 Å². The number of aryl methyl sites for hydroxylation is 2. The molecule has 8 bridgehead atoms. The molecule has 0 saturated heterocycles. The second-order valence-corrected chi connectivity index (χ2v) is 33.8. The van der Waals surface area contributed by atoms with Crippen LogP contribution in [0.3, 0.4) is 0 Å². The lowest BCUT2D eigenvalue weighted by atomic mass is 9.84. The second kappa shape index (κ2) is 37.5. The Morgan fingerprint density at radius 1 is 0.213 bits per heavy atom. The van der Waals surface area contributed by atoms with Gasteiger partial charge in [-0.25, -0.2) is 27.5 Å². The third-order valence-corrected chi connectivity index (χ3v) is 23.8. The lowest BCUT2D eigenvalue weighted by Crippen LogP contribution is -2.05. The summed E-state index contributed by atoms with van der Waals surface area (Å²) < 4.78 is 70.4. The number of hydrogen-bond acceptors (Lipinski definition) is 10. The smallest absolute Gasteiger partial charge is 0.221 e. The molecule has 20 nitrogen and oxygen atoms in total. The molecule has 674 valence electrons. The van der Waals surface area contributed by atoms with E-state index >= 15 is 17.6 Å². The summed E-state index contributed by atoms with van der Waals surface area (Å²) in [5, 5.41) is 22.9. The maximum atomic E-state index is 17.6. The Labute approximate surface area is 780 Å². The first kappa shape index (κ1) is 90.6. The molecule has 0 spiro atoms. The Morgan fingerprint density at radius 2 is 0.375 bits per heavy atom. The predicted molar refractivity (Wildman–Crippen MR) is 535 cm³/mol. The Morgan fingerprint density at radius 3 is 0.544 bits per heavy atom.